The summed E-state index contributed by atoms with van der Waals surface area (Å²) in [6.45, 7) is 1.96. The topological polar surface area (TPSA) is 78.2 Å². The molecular weight excluding hydrogens is 350 g/mol. The van der Waals surface area contributed by atoms with Crippen LogP contribution in [0, 0.1) is 6.92 Å². The van der Waals surface area contributed by atoms with Crippen LogP contribution >= 0.6 is 0 Å². The average Bonchev–Trinajstić information content (AvgIpc) is 3.34. The minimum Gasteiger partial charge on any atom is -0.497 e. The number of hydrogen-bond acceptors (Lipinski definition) is 6. The first-order valence-corrected chi connectivity index (χ1v) is 8.77. The summed E-state index contributed by atoms with van der Waals surface area (Å²) < 4.78 is 21.0. The average molecular weight is 373 g/mol. The highest BCUT2D eigenvalue weighted by Crippen LogP contribution is 2.38. The summed E-state index contributed by atoms with van der Waals surface area (Å²) in [4.78, 5) is 26.5. The summed E-state index contributed by atoms with van der Waals surface area (Å²) in [5, 5.41) is 0. The minimum atomic E-state index is -0.565. The summed E-state index contributed by atoms with van der Waals surface area (Å²) in [6.07, 6.45) is 3.09. The summed E-state index contributed by atoms with van der Waals surface area (Å²) in [5.74, 6) is 1.06. The lowest BCUT2D eigenvalue weighted by Crippen LogP contribution is -2.34. The quantitative estimate of drug-likeness (QED) is 0.724. The minimum absolute atomic E-state index is 0.142. The third-order valence-corrected chi connectivity index (χ3v) is 4.77. The van der Waals surface area contributed by atoms with Gasteiger partial charge >= 0.3 is 5.97 Å². The number of hydrogen-bond donors (Lipinski definition) is 0. The standard InChI is InChI=1S/C20H23NO6/c1-13-15(8-10-26-13)20(23)27-12-19(22)21-9-4-5-17(21)16-11-14(24-2)6-7-18(16)25-3/h6-8,10-11,17H,4-5,9,12H2,1-3H3/t17-/m1/s1. The molecule has 0 aliphatic carbocycles. The van der Waals surface area contributed by atoms with E-state index in [1.54, 1.807) is 26.0 Å². The first-order chi connectivity index (χ1) is 13.0. The van der Waals surface area contributed by atoms with Gasteiger partial charge in [-0.3, -0.25) is 4.79 Å². The number of likely N-dealkylation sites (tertiary alicyclic amines) is 1. The van der Waals surface area contributed by atoms with Crippen LogP contribution in [-0.4, -0.2) is 44.1 Å². The fourth-order valence-corrected chi connectivity index (χ4v) is 3.37. The Bertz CT molecular complexity index is 828. The highest BCUT2D eigenvalue weighted by molar-refractivity contribution is 5.92. The number of benzene rings is 1. The smallest absolute Gasteiger partial charge is 0.342 e. The molecule has 7 heteroatoms. The van der Waals surface area contributed by atoms with E-state index in [-0.39, 0.29) is 18.6 Å². The van der Waals surface area contributed by atoms with Gasteiger partial charge in [-0.1, -0.05) is 0 Å². The van der Waals surface area contributed by atoms with Crippen molar-refractivity contribution in [3.8, 4) is 11.5 Å². The molecular formula is C20H23NO6. The molecule has 1 saturated heterocycles. The third-order valence-electron chi connectivity index (χ3n) is 4.77. The third kappa shape index (κ3) is 3.92. The van der Waals surface area contributed by atoms with Crippen molar-refractivity contribution in [2.45, 2.75) is 25.8 Å². The van der Waals surface area contributed by atoms with Gasteiger partial charge < -0.3 is 23.5 Å². The second kappa shape index (κ2) is 8.16. The Hall–Kier alpha value is -2.96. The number of rotatable bonds is 6. The summed E-state index contributed by atoms with van der Waals surface area (Å²) in [6, 6.07) is 6.92. The van der Waals surface area contributed by atoms with E-state index in [0.717, 1.165) is 18.4 Å². The molecule has 27 heavy (non-hydrogen) atoms. The normalized spacial score (nSPS) is 16.3. The SMILES string of the molecule is COc1ccc(OC)c([C@H]2CCCN2C(=O)COC(=O)c2ccoc2C)c1. The van der Waals surface area contributed by atoms with E-state index in [2.05, 4.69) is 0 Å². The zero-order chi connectivity index (χ0) is 19.4. The first-order valence-electron chi connectivity index (χ1n) is 8.77. The van der Waals surface area contributed by atoms with Crippen LogP contribution in [0.1, 0.15) is 40.6 Å². The van der Waals surface area contributed by atoms with Gasteiger partial charge in [-0.2, -0.15) is 0 Å². The van der Waals surface area contributed by atoms with Gasteiger partial charge in [0.1, 0.15) is 22.8 Å². The van der Waals surface area contributed by atoms with Gasteiger partial charge in [-0.05, 0) is 44.0 Å². The van der Waals surface area contributed by atoms with Gasteiger partial charge in [0, 0.05) is 12.1 Å². The summed E-state index contributed by atoms with van der Waals surface area (Å²) in [7, 11) is 3.20. The van der Waals surface area contributed by atoms with Gasteiger partial charge in [-0.25, -0.2) is 4.79 Å². The van der Waals surface area contributed by atoms with E-state index in [4.69, 9.17) is 18.6 Å². The van der Waals surface area contributed by atoms with Crippen molar-refractivity contribution < 1.29 is 28.2 Å². The molecule has 1 fully saturated rings. The van der Waals surface area contributed by atoms with Crippen molar-refractivity contribution in [3.05, 3.63) is 47.4 Å². The predicted molar refractivity (Wildman–Crippen MR) is 97.0 cm³/mol. The molecule has 0 saturated carbocycles. The van der Waals surface area contributed by atoms with Gasteiger partial charge in [0.25, 0.3) is 5.91 Å². The van der Waals surface area contributed by atoms with E-state index >= 15 is 0 Å². The van der Waals surface area contributed by atoms with Crippen LogP contribution in [-0.2, 0) is 9.53 Å². The molecule has 2 aromatic rings. The van der Waals surface area contributed by atoms with E-state index in [9.17, 15) is 9.59 Å². The molecule has 1 aromatic carbocycles. The molecule has 2 heterocycles. The van der Waals surface area contributed by atoms with Crippen molar-refractivity contribution in [2.75, 3.05) is 27.4 Å². The van der Waals surface area contributed by atoms with Crippen LogP contribution < -0.4 is 9.47 Å². The van der Waals surface area contributed by atoms with Crippen molar-refractivity contribution in [2.24, 2.45) is 0 Å². The zero-order valence-corrected chi connectivity index (χ0v) is 15.7. The Morgan fingerprint density at radius 2 is 2.04 bits per heavy atom. The number of nitrogens with zero attached hydrogens (tertiary/aromatic N) is 1. The van der Waals surface area contributed by atoms with Gasteiger partial charge in [0.15, 0.2) is 6.61 Å². The predicted octanol–water partition coefficient (Wildman–Crippen LogP) is 3.13. The fraction of sp³-hybridized carbons (Fsp3) is 0.400. The molecule has 0 N–H and O–H groups in total. The number of carbonyl (C=O) groups excluding carboxylic acids is 2. The monoisotopic (exact) mass is 373 g/mol. The molecule has 1 atom stereocenters. The van der Waals surface area contributed by atoms with E-state index in [1.165, 1.54) is 12.3 Å². The molecule has 3 rings (SSSR count). The van der Waals surface area contributed by atoms with Crippen LogP contribution in [0.2, 0.25) is 0 Å². The Kier molecular flexibility index (Phi) is 5.69. The molecule has 0 bridgehead atoms. The Morgan fingerprint density at radius 1 is 1.22 bits per heavy atom. The number of aryl methyl sites for hydroxylation is 1. The molecule has 1 amide bonds. The van der Waals surface area contributed by atoms with Crippen LogP contribution in [0.15, 0.2) is 34.9 Å². The highest BCUT2D eigenvalue weighted by Gasteiger charge is 2.32. The van der Waals surface area contributed by atoms with Crippen LogP contribution in [0.3, 0.4) is 0 Å². The molecule has 7 nitrogen and oxygen atoms in total. The molecule has 0 radical (unpaired) electrons. The maximum Gasteiger partial charge on any atom is 0.342 e. The maximum atomic E-state index is 12.7. The second-order valence-electron chi connectivity index (χ2n) is 6.32. The largest absolute Gasteiger partial charge is 0.497 e. The maximum absolute atomic E-state index is 12.7. The van der Waals surface area contributed by atoms with Crippen LogP contribution in [0.25, 0.3) is 0 Å². The number of amides is 1. The Morgan fingerprint density at radius 3 is 2.70 bits per heavy atom. The van der Waals surface area contributed by atoms with Gasteiger partial charge in [0.05, 0.1) is 26.5 Å². The van der Waals surface area contributed by atoms with Gasteiger partial charge in [-0.15, -0.1) is 0 Å². The summed E-state index contributed by atoms with van der Waals surface area (Å²) in [5.41, 5.74) is 1.22. The van der Waals surface area contributed by atoms with E-state index < -0.39 is 5.97 Å². The Labute approximate surface area is 157 Å². The second-order valence-corrected chi connectivity index (χ2v) is 6.32. The Balaban J connectivity index is 1.71. The molecule has 0 unspecified atom stereocenters. The lowest BCUT2D eigenvalue weighted by Gasteiger charge is -2.26. The molecule has 1 aromatic heterocycles. The van der Waals surface area contributed by atoms with E-state index in [1.807, 2.05) is 18.2 Å². The van der Waals surface area contributed by atoms with Crippen LogP contribution in [0.5, 0.6) is 11.5 Å². The number of ether oxygens (including phenoxy) is 3. The van der Waals surface area contributed by atoms with Crippen molar-refractivity contribution in [1.82, 2.24) is 4.90 Å². The summed E-state index contributed by atoms with van der Waals surface area (Å²) >= 11 is 0. The lowest BCUT2D eigenvalue weighted by atomic mass is 10.0. The van der Waals surface area contributed by atoms with Crippen molar-refractivity contribution in [3.63, 3.8) is 0 Å². The first kappa shape index (κ1) is 18.8. The van der Waals surface area contributed by atoms with Crippen LogP contribution in [0.4, 0.5) is 0 Å². The number of carbonyl (C=O) groups is 2. The van der Waals surface area contributed by atoms with Gasteiger partial charge in [0.2, 0.25) is 0 Å². The number of methoxy groups -OCH3 is 2. The lowest BCUT2D eigenvalue weighted by molar-refractivity contribution is -0.135. The fourth-order valence-electron chi connectivity index (χ4n) is 3.37. The van der Waals surface area contributed by atoms with E-state index in [0.29, 0.717) is 29.4 Å². The van der Waals surface area contributed by atoms with Crippen molar-refractivity contribution >= 4 is 11.9 Å². The molecule has 144 valence electrons. The molecule has 1 aliphatic rings. The molecule has 1 aliphatic heterocycles. The zero-order valence-electron chi connectivity index (χ0n) is 15.7. The highest BCUT2D eigenvalue weighted by atomic mass is 16.5. The number of esters is 1. The molecule has 0 spiro atoms. The number of furan rings is 1. The van der Waals surface area contributed by atoms with Crippen molar-refractivity contribution in [1.29, 1.82) is 0 Å².